The van der Waals surface area contributed by atoms with Gasteiger partial charge in [-0.25, -0.2) is 0 Å². The predicted octanol–water partition coefficient (Wildman–Crippen LogP) is 34.0. The van der Waals surface area contributed by atoms with Gasteiger partial charge in [-0.3, -0.25) is 0 Å². The normalized spacial score (nSPS) is 11.5. The molecule has 0 amide bonds. The highest BCUT2D eigenvalue weighted by Crippen LogP contribution is 2.68. The van der Waals surface area contributed by atoms with Crippen LogP contribution in [0.2, 0.25) is 0 Å². The fourth-order valence-corrected chi connectivity index (χ4v) is 20.8. The molecule has 0 heterocycles. The van der Waals surface area contributed by atoms with Crippen molar-refractivity contribution in [2.45, 2.75) is 11.8 Å². The minimum Gasteiger partial charge on any atom is -0.508 e. The molecule has 21 aromatic carbocycles. The summed E-state index contributed by atoms with van der Waals surface area (Å²) >= 11 is 0. The zero-order chi connectivity index (χ0) is 93.6. The van der Waals surface area contributed by atoms with Gasteiger partial charge in [-0.15, -0.1) is 0 Å². The summed E-state index contributed by atoms with van der Waals surface area (Å²) in [5.41, 5.74) is 31.4. The molecular weight excluding hydrogens is 1680 g/mol. The molecule has 0 saturated heterocycles. The number of benzene rings is 21. The lowest BCUT2D eigenvalue weighted by atomic mass is 9.62. The molecule has 138 heavy (non-hydrogen) atoms. The first-order chi connectivity index (χ1) is 67.9. The predicted molar refractivity (Wildman–Crippen MR) is 571 cm³/mol. The summed E-state index contributed by atoms with van der Waals surface area (Å²) in [5, 5.41) is 71.4. The van der Waals surface area contributed by atoms with Crippen LogP contribution in [-0.4, -0.2) is 30.6 Å². The molecule has 0 saturated carbocycles. The van der Waals surface area contributed by atoms with Gasteiger partial charge in [0.1, 0.15) is 34.5 Å². The van der Waals surface area contributed by atoms with Crippen molar-refractivity contribution in [1.29, 1.82) is 0 Å². The number of aromatic hydroxyl groups is 6. The second kappa shape index (κ2) is 38.2. The topological polar surface area (TPSA) is 121 Å². The average molecular weight is 1780 g/mol. The van der Waals surface area contributed by atoms with Crippen molar-refractivity contribution in [3.05, 3.63) is 550 Å². The smallest absolute Gasteiger partial charge is 0.115 e. The van der Waals surface area contributed by atoms with E-state index in [0.29, 0.717) is 5.57 Å². The molecule has 21 aromatic rings. The van der Waals surface area contributed by atoms with Gasteiger partial charge >= 0.3 is 0 Å². The molecular formula is C132H94O6. The highest BCUT2D eigenvalue weighted by molar-refractivity contribution is 6.28. The molecule has 0 aliphatic heterocycles. The molecule has 0 radical (unpaired) electrons. The minimum absolute atomic E-state index is 0.0809. The average Bonchev–Trinajstić information content (AvgIpc) is 0.679. The summed E-state index contributed by atoms with van der Waals surface area (Å²) in [5.74, 6) is 0.538. The van der Waals surface area contributed by atoms with Crippen molar-refractivity contribution in [3.8, 4) is 201 Å². The van der Waals surface area contributed by atoms with E-state index < -0.39 is 5.41 Å². The lowest BCUT2D eigenvalue weighted by molar-refractivity contribution is 0.474. The van der Waals surface area contributed by atoms with E-state index in [1.807, 2.05) is 72.8 Å². The van der Waals surface area contributed by atoms with E-state index >= 15 is 0 Å². The third-order valence-electron chi connectivity index (χ3n) is 26.7. The highest BCUT2D eigenvalue weighted by Gasteiger charge is 2.45. The monoisotopic (exact) mass is 1770 g/mol. The van der Waals surface area contributed by atoms with Gasteiger partial charge < -0.3 is 30.6 Å². The second-order valence-electron chi connectivity index (χ2n) is 34.8. The Labute approximate surface area is 804 Å². The number of rotatable bonds is 24. The number of phenolic OH excluding ortho intramolecular Hbond substituents is 6. The molecule has 0 fully saturated rings. The van der Waals surface area contributed by atoms with Gasteiger partial charge in [0.15, 0.2) is 0 Å². The summed E-state index contributed by atoms with van der Waals surface area (Å²) in [7, 11) is 0. The molecule has 0 unspecified atom stereocenters. The Hall–Kier alpha value is -18.1. The van der Waals surface area contributed by atoms with E-state index in [4.69, 9.17) is 6.58 Å². The fourth-order valence-electron chi connectivity index (χ4n) is 20.8. The summed E-state index contributed by atoms with van der Waals surface area (Å²) in [6.07, 6.45) is 0.145. The molecule has 658 valence electrons. The van der Waals surface area contributed by atoms with E-state index in [1.165, 1.54) is 0 Å². The van der Waals surface area contributed by atoms with E-state index in [9.17, 15) is 30.6 Å². The van der Waals surface area contributed by atoms with Crippen LogP contribution in [0, 0.1) is 0 Å². The Morgan fingerprint density at radius 3 is 0.565 bits per heavy atom. The molecule has 6 N–H and O–H groups in total. The molecule has 0 bridgehead atoms. The maximum atomic E-state index is 12.0. The van der Waals surface area contributed by atoms with Crippen LogP contribution in [0.25, 0.3) is 184 Å². The Balaban J connectivity index is 1.19. The number of hydrogen-bond donors (Lipinski definition) is 6. The fraction of sp³-hybridized carbons (Fsp3) is 0.0152. The van der Waals surface area contributed by atoms with Crippen molar-refractivity contribution in [3.63, 3.8) is 0 Å². The summed E-state index contributed by atoms with van der Waals surface area (Å²) < 4.78 is 0. The van der Waals surface area contributed by atoms with Crippen molar-refractivity contribution >= 4 is 16.7 Å². The molecule has 21 rings (SSSR count). The maximum Gasteiger partial charge on any atom is 0.115 e. The van der Waals surface area contributed by atoms with Gasteiger partial charge in [0.25, 0.3) is 0 Å². The Morgan fingerprint density at radius 1 is 0.159 bits per heavy atom. The molecule has 0 aliphatic carbocycles. The third kappa shape index (κ3) is 16.5. The zero-order valence-electron chi connectivity index (χ0n) is 75.6. The summed E-state index contributed by atoms with van der Waals surface area (Å²) in [4.78, 5) is 0. The van der Waals surface area contributed by atoms with Crippen molar-refractivity contribution in [2.24, 2.45) is 0 Å². The van der Waals surface area contributed by atoms with Crippen LogP contribution in [-0.2, 0) is 5.41 Å². The first-order valence-electron chi connectivity index (χ1n) is 46.5. The second-order valence-corrected chi connectivity index (χ2v) is 34.8. The van der Waals surface area contributed by atoms with Crippen molar-refractivity contribution < 1.29 is 30.6 Å². The van der Waals surface area contributed by atoms with Crippen LogP contribution in [0.15, 0.2) is 516 Å². The number of phenols is 6. The standard InChI is InChI=1S/C132H94O6/c1-87(88-62-74-106(133)75-63-88)113(89-38-14-2-15-39-89)112(86-132(103-58-34-12-35-59-103,104-60-36-13-37-61-104)105-72-84-111(138)85-73-105)127-124(96-52-28-9-29-53-96)130(128-120(92-44-20-5-21-45-92)114(90-40-16-3-17-41-90)116(99-64-76-107(134)77-65-99)118(101-68-80-109(136)81-69-101)122(128)94-48-24-7-25-49-94)126(98-56-32-11-33-57-98)131(125(127)97-54-30-10-31-55-97)129-121(93-46-22-6-23-47-93)115(91-42-18-4-19-43-91)117(100-66-78-108(135)79-67-100)119(102-70-82-110(137)83-71-102)123(129)95-50-26-8-27-51-95/h2-85,133-138H,1,86H2/b113-112-. The van der Waals surface area contributed by atoms with Crippen LogP contribution in [0.1, 0.15) is 39.8 Å². The van der Waals surface area contributed by atoms with E-state index in [0.717, 1.165) is 211 Å². The number of allylic oxidation sites excluding steroid dienone is 3. The number of hydrogen-bond acceptors (Lipinski definition) is 6. The summed E-state index contributed by atoms with van der Waals surface area (Å²) in [6, 6.07) is 176. The first kappa shape index (κ1) is 86.6. The SMILES string of the molecule is C=C(/C(=C(\CC(c1ccccc1)(c1ccccc1)c1ccc(O)cc1)c1c(-c2ccccc2)c(-c2c(-c3ccccc3)c(-c3ccccc3)c(-c3ccc(O)cc3)c(-c3ccc(O)cc3)c2-c2ccccc2)c(-c2ccccc2)c(-c2c(-c3ccccc3)c(-c3ccccc3)c(-c3ccc(O)cc3)c(-c3ccc(O)cc3)c2-c2ccccc2)c1-c1ccccc1)c1ccccc1)c1ccc(O)cc1. The molecule has 6 nitrogen and oxygen atoms in total. The first-order valence-corrected chi connectivity index (χ1v) is 46.5. The molecule has 0 aliphatic rings. The lowest BCUT2D eigenvalue weighted by Gasteiger charge is -2.40. The quantitative estimate of drug-likeness (QED) is 0.0204. The maximum absolute atomic E-state index is 12.0. The molecule has 0 spiro atoms. The highest BCUT2D eigenvalue weighted by atomic mass is 16.3. The lowest BCUT2D eigenvalue weighted by Crippen LogP contribution is -2.30. The zero-order valence-corrected chi connectivity index (χ0v) is 75.6. The van der Waals surface area contributed by atoms with Gasteiger partial charge in [0.05, 0.1) is 0 Å². The van der Waals surface area contributed by atoms with Gasteiger partial charge in [0.2, 0.25) is 0 Å². The van der Waals surface area contributed by atoms with Crippen molar-refractivity contribution in [1.82, 2.24) is 0 Å². The van der Waals surface area contributed by atoms with Crippen LogP contribution in [0.4, 0.5) is 0 Å². The van der Waals surface area contributed by atoms with Crippen molar-refractivity contribution in [2.75, 3.05) is 0 Å². The van der Waals surface area contributed by atoms with Crippen LogP contribution in [0.3, 0.4) is 0 Å². The van der Waals surface area contributed by atoms with Crippen LogP contribution < -0.4 is 0 Å². The molecule has 0 atom stereocenters. The van der Waals surface area contributed by atoms with Gasteiger partial charge in [0, 0.05) is 5.41 Å². The van der Waals surface area contributed by atoms with Crippen LogP contribution >= 0.6 is 0 Å². The van der Waals surface area contributed by atoms with Crippen LogP contribution in [0.5, 0.6) is 34.5 Å². The van der Waals surface area contributed by atoms with Gasteiger partial charge in [-0.2, -0.15) is 0 Å². The molecule has 0 aromatic heterocycles. The van der Waals surface area contributed by atoms with E-state index in [-0.39, 0.29) is 40.9 Å². The summed E-state index contributed by atoms with van der Waals surface area (Å²) in [6.45, 7) is 5.53. The van der Waals surface area contributed by atoms with E-state index in [2.05, 4.69) is 376 Å². The third-order valence-corrected chi connectivity index (χ3v) is 26.7. The van der Waals surface area contributed by atoms with E-state index in [1.54, 1.807) is 60.7 Å². The minimum atomic E-state index is -1.24. The largest absolute Gasteiger partial charge is 0.508 e. The Morgan fingerprint density at radius 2 is 0.326 bits per heavy atom. The Bertz CT molecular complexity index is 7600. The molecule has 6 heteroatoms. The Kier molecular flexibility index (Phi) is 24.0. The van der Waals surface area contributed by atoms with Gasteiger partial charge in [-0.1, -0.05) is 443 Å². The van der Waals surface area contributed by atoms with Gasteiger partial charge in [-0.05, 0) is 296 Å².